The van der Waals surface area contributed by atoms with E-state index in [1.54, 1.807) is 7.11 Å². The lowest BCUT2D eigenvalue weighted by molar-refractivity contribution is 0.414. The van der Waals surface area contributed by atoms with Crippen molar-refractivity contribution < 1.29 is 4.74 Å². The van der Waals surface area contributed by atoms with Crippen molar-refractivity contribution in [1.29, 1.82) is 0 Å². The summed E-state index contributed by atoms with van der Waals surface area (Å²) in [5.41, 5.74) is 6.96. The van der Waals surface area contributed by atoms with E-state index in [0.717, 1.165) is 12.3 Å². The predicted molar refractivity (Wildman–Crippen MR) is 59.6 cm³/mol. The van der Waals surface area contributed by atoms with Gasteiger partial charge >= 0.3 is 0 Å². The number of rotatable bonds is 4. The first kappa shape index (κ1) is 11.1. The third-order valence-corrected chi connectivity index (χ3v) is 2.87. The summed E-state index contributed by atoms with van der Waals surface area (Å²) >= 11 is 0. The van der Waals surface area contributed by atoms with Gasteiger partial charge in [0.1, 0.15) is 5.75 Å². The first-order chi connectivity index (χ1) is 6.69. The molecule has 78 valence electrons. The van der Waals surface area contributed by atoms with Crippen molar-refractivity contribution >= 4 is 0 Å². The van der Waals surface area contributed by atoms with Gasteiger partial charge in [-0.15, -0.1) is 0 Å². The molecule has 2 nitrogen and oxygen atoms in total. The summed E-state index contributed by atoms with van der Waals surface area (Å²) in [6.45, 7) is 5.11. The minimum absolute atomic E-state index is 0.505. The molecule has 0 aliphatic rings. The summed E-state index contributed by atoms with van der Waals surface area (Å²) in [7, 11) is 1.68. The van der Waals surface area contributed by atoms with Crippen LogP contribution >= 0.6 is 0 Å². The summed E-state index contributed by atoms with van der Waals surface area (Å²) in [5.74, 6) is 1.93. The lowest BCUT2D eigenvalue weighted by Gasteiger charge is -2.18. The van der Waals surface area contributed by atoms with Crippen molar-refractivity contribution in [2.75, 3.05) is 13.7 Å². The van der Waals surface area contributed by atoms with Crippen LogP contribution in [0.1, 0.15) is 25.3 Å². The molecule has 1 aromatic carbocycles. The lowest BCUT2D eigenvalue weighted by Crippen LogP contribution is -2.16. The first-order valence-corrected chi connectivity index (χ1v) is 5.03. The minimum atomic E-state index is 0.505. The molecule has 0 saturated carbocycles. The zero-order valence-corrected chi connectivity index (χ0v) is 9.16. The Morgan fingerprint density at radius 1 is 1.21 bits per heavy atom. The summed E-state index contributed by atoms with van der Waals surface area (Å²) in [4.78, 5) is 0. The van der Waals surface area contributed by atoms with Crippen molar-refractivity contribution in [2.24, 2.45) is 11.7 Å². The highest BCUT2D eigenvalue weighted by atomic mass is 16.5. The molecule has 0 amide bonds. The molecular formula is C12H19NO. The molecule has 0 heterocycles. The molecule has 2 atom stereocenters. The van der Waals surface area contributed by atoms with Gasteiger partial charge in [0.25, 0.3) is 0 Å². The van der Waals surface area contributed by atoms with Crippen LogP contribution in [-0.2, 0) is 0 Å². The first-order valence-electron chi connectivity index (χ1n) is 5.03. The summed E-state index contributed by atoms with van der Waals surface area (Å²) < 4.78 is 5.11. The Bertz CT molecular complexity index is 268. The maximum absolute atomic E-state index is 5.64. The molecule has 2 N–H and O–H groups in total. The molecule has 1 rings (SSSR count). The van der Waals surface area contributed by atoms with Crippen LogP contribution in [0, 0.1) is 5.92 Å². The summed E-state index contributed by atoms with van der Waals surface area (Å²) in [6, 6.07) is 8.20. The highest BCUT2D eigenvalue weighted by molar-refractivity contribution is 5.29. The second kappa shape index (κ2) is 5.01. The maximum Gasteiger partial charge on any atom is 0.118 e. The Labute approximate surface area is 86.1 Å². The molecule has 0 spiro atoms. The summed E-state index contributed by atoms with van der Waals surface area (Å²) in [5, 5.41) is 0. The van der Waals surface area contributed by atoms with Gasteiger partial charge < -0.3 is 10.5 Å². The molecule has 14 heavy (non-hydrogen) atoms. The van der Waals surface area contributed by atoms with Gasteiger partial charge in [-0.1, -0.05) is 26.0 Å². The van der Waals surface area contributed by atoms with Gasteiger partial charge in [-0.05, 0) is 36.1 Å². The van der Waals surface area contributed by atoms with Crippen LogP contribution in [0.4, 0.5) is 0 Å². The van der Waals surface area contributed by atoms with E-state index in [0.29, 0.717) is 11.8 Å². The molecule has 0 saturated heterocycles. The van der Waals surface area contributed by atoms with E-state index in [4.69, 9.17) is 10.5 Å². The minimum Gasteiger partial charge on any atom is -0.497 e. The Morgan fingerprint density at radius 2 is 1.79 bits per heavy atom. The molecule has 0 fully saturated rings. The van der Waals surface area contributed by atoms with Gasteiger partial charge in [0.2, 0.25) is 0 Å². The average molecular weight is 193 g/mol. The Morgan fingerprint density at radius 3 is 2.21 bits per heavy atom. The van der Waals surface area contributed by atoms with Crippen LogP contribution in [-0.4, -0.2) is 13.7 Å². The molecule has 2 unspecified atom stereocenters. The van der Waals surface area contributed by atoms with Crippen LogP contribution < -0.4 is 10.5 Å². The predicted octanol–water partition coefficient (Wildman–Crippen LogP) is 2.39. The van der Waals surface area contributed by atoms with Gasteiger partial charge in [-0.3, -0.25) is 0 Å². The van der Waals surface area contributed by atoms with Crippen molar-refractivity contribution in [2.45, 2.75) is 19.8 Å². The Hall–Kier alpha value is -1.02. The Balaban J connectivity index is 2.75. The van der Waals surface area contributed by atoms with E-state index < -0.39 is 0 Å². The van der Waals surface area contributed by atoms with E-state index in [1.165, 1.54) is 5.56 Å². The number of hydrogen-bond donors (Lipinski definition) is 1. The van der Waals surface area contributed by atoms with Crippen molar-refractivity contribution in [3.8, 4) is 5.75 Å². The average Bonchev–Trinajstić information content (AvgIpc) is 2.27. The van der Waals surface area contributed by atoms with E-state index in [9.17, 15) is 0 Å². The van der Waals surface area contributed by atoms with Crippen LogP contribution in [0.15, 0.2) is 24.3 Å². The smallest absolute Gasteiger partial charge is 0.118 e. The number of hydrogen-bond acceptors (Lipinski definition) is 2. The van der Waals surface area contributed by atoms with Gasteiger partial charge in [0.15, 0.2) is 0 Å². The molecule has 0 aliphatic carbocycles. The van der Waals surface area contributed by atoms with Crippen molar-refractivity contribution in [1.82, 2.24) is 0 Å². The summed E-state index contributed by atoms with van der Waals surface area (Å²) in [6.07, 6.45) is 0. The molecule has 1 aromatic rings. The quantitative estimate of drug-likeness (QED) is 0.797. The largest absolute Gasteiger partial charge is 0.497 e. The second-order valence-electron chi connectivity index (χ2n) is 3.77. The normalized spacial score (nSPS) is 14.9. The van der Waals surface area contributed by atoms with Gasteiger partial charge in [-0.2, -0.15) is 0 Å². The molecule has 0 radical (unpaired) electrons. The van der Waals surface area contributed by atoms with E-state index in [2.05, 4.69) is 26.0 Å². The third kappa shape index (κ3) is 2.48. The van der Waals surface area contributed by atoms with Crippen LogP contribution in [0.2, 0.25) is 0 Å². The lowest BCUT2D eigenvalue weighted by atomic mass is 9.89. The van der Waals surface area contributed by atoms with Crippen LogP contribution in [0.3, 0.4) is 0 Å². The molecule has 0 aliphatic heterocycles. The standard InChI is InChI=1S/C12H19NO/c1-9(8-13)10(2)11-4-6-12(14-3)7-5-11/h4-7,9-10H,8,13H2,1-3H3. The van der Waals surface area contributed by atoms with Crippen molar-refractivity contribution in [3.05, 3.63) is 29.8 Å². The fourth-order valence-corrected chi connectivity index (χ4v) is 1.44. The molecule has 0 bridgehead atoms. The van der Waals surface area contributed by atoms with Crippen LogP contribution in [0.25, 0.3) is 0 Å². The number of nitrogens with two attached hydrogens (primary N) is 1. The SMILES string of the molecule is COc1ccc(C(C)C(C)CN)cc1. The topological polar surface area (TPSA) is 35.2 Å². The van der Waals surface area contributed by atoms with Gasteiger partial charge in [0.05, 0.1) is 7.11 Å². The van der Waals surface area contributed by atoms with Gasteiger partial charge in [0, 0.05) is 0 Å². The van der Waals surface area contributed by atoms with Crippen molar-refractivity contribution in [3.63, 3.8) is 0 Å². The van der Waals surface area contributed by atoms with E-state index in [-0.39, 0.29) is 0 Å². The van der Waals surface area contributed by atoms with Gasteiger partial charge in [-0.25, -0.2) is 0 Å². The maximum atomic E-state index is 5.64. The zero-order chi connectivity index (χ0) is 10.6. The third-order valence-electron chi connectivity index (χ3n) is 2.87. The van der Waals surface area contributed by atoms with E-state index in [1.807, 2.05) is 12.1 Å². The van der Waals surface area contributed by atoms with Crippen LogP contribution in [0.5, 0.6) is 5.75 Å². The highest BCUT2D eigenvalue weighted by Crippen LogP contribution is 2.24. The molecule has 2 heteroatoms. The monoisotopic (exact) mass is 193 g/mol. The number of benzene rings is 1. The fraction of sp³-hybridized carbons (Fsp3) is 0.500. The second-order valence-corrected chi connectivity index (χ2v) is 3.77. The molecular weight excluding hydrogens is 174 g/mol. The van der Waals surface area contributed by atoms with E-state index >= 15 is 0 Å². The Kier molecular flexibility index (Phi) is 3.96. The number of ether oxygens (including phenoxy) is 1. The highest BCUT2D eigenvalue weighted by Gasteiger charge is 2.12. The molecule has 0 aromatic heterocycles. The fourth-order valence-electron chi connectivity index (χ4n) is 1.44. The number of methoxy groups -OCH3 is 1. The zero-order valence-electron chi connectivity index (χ0n) is 9.16.